The molecule has 22 heavy (non-hydrogen) atoms. The van der Waals surface area contributed by atoms with Crippen LogP contribution >= 0.6 is 0 Å². The predicted octanol–water partition coefficient (Wildman–Crippen LogP) is 3.85. The lowest BCUT2D eigenvalue weighted by Gasteiger charge is -2.14. The van der Waals surface area contributed by atoms with E-state index >= 15 is 0 Å². The van der Waals surface area contributed by atoms with Crippen LogP contribution in [0.3, 0.4) is 0 Å². The van der Waals surface area contributed by atoms with Gasteiger partial charge in [-0.3, -0.25) is 0 Å². The molecule has 1 aliphatic heterocycles. The van der Waals surface area contributed by atoms with E-state index in [1.54, 1.807) is 0 Å². The van der Waals surface area contributed by atoms with Crippen LogP contribution in [0.4, 0.5) is 4.79 Å². The van der Waals surface area contributed by atoms with Gasteiger partial charge >= 0.3 is 6.03 Å². The predicted molar refractivity (Wildman–Crippen MR) is 90.7 cm³/mol. The molecule has 2 aromatic carbocycles. The van der Waals surface area contributed by atoms with Crippen LogP contribution in [0.15, 0.2) is 60.7 Å². The molecule has 3 nitrogen and oxygen atoms in total. The molecule has 1 heterocycles. The third-order valence-corrected chi connectivity index (χ3v) is 3.60. The molecule has 0 saturated carbocycles. The zero-order valence-electron chi connectivity index (χ0n) is 13.3. The highest BCUT2D eigenvalue weighted by atomic mass is 16.2. The smallest absolute Gasteiger partial charge is 0.318 e. The van der Waals surface area contributed by atoms with Crippen LogP contribution in [0.5, 0.6) is 0 Å². The van der Waals surface area contributed by atoms with Crippen molar-refractivity contribution in [3.8, 4) is 0 Å². The highest BCUT2D eigenvalue weighted by molar-refractivity contribution is 5.77. The second-order valence-electron chi connectivity index (χ2n) is 5.20. The minimum atomic E-state index is 0.0368. The van der Waals surface area contributed by atoms with Crippen molar-refractivity contribution < 1.29 is 4.79 Å². The van der Waals surface area contributed by atoms with Gasteiger partial charge in [-0.25, -0.2) is 4.79 Å². The number of urea groups is 1. The molecule has 2 aromatic rings. The second kappa shape index (κ2) is 8.23. The largest absolute Gasteiger partial charge is 0.333 e. The van der Waals surface area contributed by atoms with E-state index in [1.165, 1.54) is 11.1 Å². The number of nitrogens with zero attached hydrogens (tertiary/aromatic N) is 1. The molecule has 0 aromatic heterocycles. The Morgan fingerprint density at radius 1 is 0.955 bits per heavy atom. The fraction of sp³-hybridized carbons (Fsp3) is 0.316. The zero-order chi connectivity index (χ0) is 15.8. The van der Waals surface area contributed by atoms with E-state index in [0.717, 1.165) is 13.0 Å². The summed E-state index contributed by atoms with van der Waals surface area (Å²) in [6, 6.07) is 20.6. The number of carbonyl (C=O) groups is 1. The van der Waals surface area contributed by atoms with E-state index in [2.05, 4.69) is 29.6 Å². The van der Waals surface area contributed by atoms with Crippen LogP contribution in [0, 0.1) is 0 Å². The third-order valence-electron chi connectivity index (χ3n) is 3.60. The number of hydrogen-bond acceptors (Lipinski definition) is 1. The zero-order valence-corrected chi connectivity index (χ0v) is 13.3. The Kier molecular flexibility index (Phi) is 6.01. The maximum absolute atomic E-state index is 12.0. The lowest BCUT2D eigenvalue weighted by Crippen LogP contribution is -2.29. The fourth-order valence-electron chi connectivity index (χ4n) is 2.61. The van der Waals surface area contributed by atoms with E-state index < -0.39 is 0 Å². The SMILES string of the molecule is CC.O=C1NC(Cc2ccccc2)CN1Cc1ccccc1. The molecule has 3 heteroatoms. The van der Waals surface area contributed by atoms with Gasteiger partial charge in [0, 0.05) is 13.1 Å². The van der Waals surface area contributed by atoms with Crippen LogP contribution in [0.25, 0.3) is 0 Å². The minimum Gasteiger partial charge on any atom is -0.333 e. The van der Waals surface area contributed by atoms with Gasteiger partial charge in [-0.05, 0) is 17.5 Å². The van der Waals surface area contributed by atoms with E-state index in [9.17, 15) is 4.79 Å². The molecule has 0 bridgehead atoms. The van der Waals surface area contributed by atoms with Gasteiger partial charge in [-0.1, -0.05) is 74.5 Å². The molecule has 1 aliphatic rings. The monoisotopic (exact) mass is 296 g/mol. The lowest BCUT2D eigenvalue weighted by molar-refractivity contribution is 0.215. The topological polar surface area (TPSA) is 32.3 Å². The Hall–Kier alpha value is -2.29. The molecule has 1 unspecified atom stereocenters. The van der Waals surface area contributed by atoms with E-state index in [1.807, 2.05) is 55.1 Å². The second-order valence-corrected chi connectivity index (χ2v) is 5.20. The molecule has 2 amide bonds. The minimum absolute atomic E-state index is 0.0368. The first kappa shape index (κ1) is 16.1. The van der Waals surface area contributed by atoms with E-state index in [0.29, 0.717) is 6.54 Å². The molecule has 1 fully saturated rings. The molecule has 116 valence electrons. The highest BCUT2D eigenvalue weighted by Crippen LogP contribution is 2.13. The van der Waals surface area contributed by atoms with Gasteiger partial charge in [0.25, 0.3) is 0 Å². The van der Waals surface area contributed by atoms with Crippen molar-refractivity contribution in [3.05, 3.63) is 71.8 Å². The van der Waals surface area contributed by atoms with Crippen LogP contribution in [0.2, 0.25) is 0 Å². The van der Waals surface area contributed by atoms with Crippen LogP contribution in [-0.4, -0.2) is 23.5 Å². The number of carbonyl (C=O) groups excluding carboxylic acids is 1. The summed E-state index contributed by atoms with van der Waals surface area (Å²) in [5.41, 5.74) is 2.43. The quantitative estimate of drug-likeness (QED) is 0.913. The molecule has 1 N–H and O–H groups in total. The number of nitrogens with one attached hydrogen (secondary N) is 1. The van der Waals surface area contributed by atoms with Gasteiger partial charge in [-0.15, -0.1) is 0 Å². The molecular formula is C19H24N2O. The van der Waals surface area contributed by atoms with Crippen molar-refractivity contribution in [3.63, 3.8) is 0 Å². The summed E-state index contributed by atoms with van der Waals surface area (Å²) in [7, 11) is 0. The molecule has 0 spiro atoms. The standard InChI is InChI=1S/C17H18N2O.C2H6/c20-17-18-16(11-14-7-3-1-4-8-14)13-19(17)12-15-9-5-2-6-10-15;1-2/h1-10,16H,11-13H2,(H,18,20);1-2H3. The molecular weight excluding hydrogens is 272 g/mol. The maximum atomic E-state index is 12.0. The normalized spacial score (nSPS) is 16.7. The van der Waals surface area contributed by atoms with Crippen molar-refractivity contribution in [2.45, 2.75) is 32.9 Å². The first-order chi connectivity index (χ1) is 10.8. The summed E-state index contributed by atoms with van der Waals surface area (Å²) >= 11 is 0. The Morgan fingerprint density at radius 3 is 2.09 bits per heavy atom. The Labute approximate surface area is 133 Å². The first-order valence-electron chi connectivity index (χ1n) is 7.94. The lowest BCUT2D eigenvalue weighted by atomic mass is 10.1. The van der Waals surface area contributed by atoms with Gasteiger partial charge in [0.15, 0.2) is 0 Å². The molecule has 0 aliphatic carbocycles. The van der Waals surface area contributed by atoms with Crippen molar-refractivity contribution in [1.82, 2.24) is 10.2 Å². The summed E-state index contributed by atoms with van der Waals surface area (Å²) < 4.78 is 0. The van der Waals surface area contributed by atoms with Crippen LogP contribution < -0.4 is 5.32 Å². The van der Waals surface area contributed by atoms with Crippen molar-refractivity contribution >= 4 is 6.03 Å². The van der Waals surface area contributed by atoms with E-state index in [-0.39, 0.29) is 12.1 Å². The molecule has 3 rings (SSSR count). The van der Waals surface area contributed by atoms with Crippen molar-refractivity contribution in [1.29, 1.82) is 0 Å². The number of amides is 2. The van der Waals surface area contributed by atoms with Crippen molar-refractivity contribution in [2.24, 2.45) is 0 Å². The van der Waals surface area contributed by atoms with Crippen LogP contribution in [0.1, 0.15) is 25.0 Å². The fourth-order valence-corrected chi connectivity index (χ4v) is 2.61. The average Bonchev–Trinajstić information content (AvgIpc) is 2.91. The Balaban J connectivity index is 0.000000847. The number of benzene rings is 2. The molecule has 1 atom stereocenters. The first-order valence-corrected chi connectivity index (χ1v) is 7.94. The summed E-state index contributed by atoms with van der Waals surface area (Å²) in [6.45, 7) is 5.45. The molecule has 1 saturated heterocycles. The van der Waals surface area contributed by atoms with Gasteiger partial charge in [-0.2, -0.15) is 0 Å². The van der Waals surface area contributed by atoms with Gasteiger partial charge < -0.3 is 10.2 Å². The van der Waals surface area contributed by atoms with Crippen molar-refractivity contribution in [2.75, 3.05) is 6.54 Å². The third kappa shape index (κ3) is 4.35. The number of rotatable bonds is 4. The Morgan fingerprint density at radius 2 is 1.50 bits per heavy atom. The van der Waals surface area contributed by atoms with Gasteiger partial charge in [0.05, 0.1) is 6.04 Å². The maximum Gasteiger partial charge on any atom is 0.318 e. The summed E-state index contributed by atoms with van der Waals surface area (Å²) in [5, 5.41) is 3.06. The summed E-state index contributed by atoms with van der Waals surface area (Å²) in [4.78, 5) is 13.9. The average molecular weight is 296 g/mol. The summed E-state index contributed by atoms with van der Waals surface area (Å²) in [5.74, 6) is 0. The Bertz CT molecular complexity index is 569. The summed E-state index contributed by atoms with van der Waals surface area (Å²) in [6.07, 6.45) is 0.887. The van der Waals surface area contributed by atoms with Gasteiger partial charge in [0.1, 0.15) is 0 Å². The molecule has 0 radical (unpaired) electrons. The van der Waals surface area contributed by atoms with E-state index in [4.69, 9.17) is 0 Å². The number of hydrogen-bond donors (Lipinski definition) is 1. The highest BCUT2D eigenvalue weighted by Gasteiger charge is 2.28. The van der Waals surface area contributed by atoms with Gasteiger partial charge in [0.2, 0.25) is 0 Å². The van der Waals surface area contributed by atoms with Crippen LogP contribution in [-0.2, 0) is 13.0 Å².